The zero-order chi connectivity index (χ0) is 22.5. The summed E-state index contributed by atoms with van der Waals surface area (Å²) < 4.78 is 6.01. The number of aromatic nitrogens is 1. The number of nitrogens with two attached hydrogens (primary N) is 1. The van der Waals surface area contributed by atoms with E-state index in [0.717, 1.165) is 53.0 Å². The third kappa shape index (κ3) is 3.79. The molecule has 3 saturated carbocycles. The molecule has 5 rings (SSSR count). The molecule has 174 valence electrons. The number of rotatable bonds is 5. The molecule has 3 aliphatic carbocycles. The molecule has 0 amide bonds. The fourth-order valence-corrected chi connectivity index (χ4v) is 7.66. The Morgan fingerprint density at radius 3 is 2.81 bits per heavy atom. The smallest absolute Gasteiger partial charge is 0.323 e. The van der Waals surface area contributed by atoms with Crippen molar-refractivity contribution in [3.63, 3.8) is 0 Å². The van der Waals surface area contributed by atoms with Crippen molar-refractivity contribution < 1.29 is 9.53 Å². The summed E-state index contributed by atoms with van der Waals surface area (Å²) in [4.78, 5) is 16.1. The Hall–Kier alpha value is -1.81. The maximum atomic E-state index is 12.9. The van der Waals surface area contributed by atoms with Gasteiger partial charge in [-0.15, -0.1) is 0 Å². The Kier molecular flexibility index (Phi) is 5.86. The van der Waals surface area contributed by atoms with Gasteiger partial charge in [-0.1, -0.05) is 45.4 Å². The maximum absolute atomic E-state index is 12.9. The zero-order valence-corrected chi connectivity index (χ0v) is 20.0. The fourth-order valence-electron chi connectivity index (χ4n) is 7.66. The lowest BCUT2D eigenvalue weighted by molar-refractivity contribution is -0.165. The Balaban J connectivity index is 1.19. The van der Waals surface area contributed by atoms with Gasteiger partial charge in [-0.2, -0.15) is 0 Å². The maximum Gasteiger partial charge on any atom is 0.323 e. The summed E-state index contributed by atoms with van der Waals surface area (Å²) in [5, 5.41) is 1.14. The summed E-state index contributed by atoms with van der Waals surface area (Å²) in [7, 11) is 0. The highest BCUT2D eigenvalue weighted by atomic mass is 16.5. The van der Waals surface area contributed by atoms with Gasteiger partial charge in [-0.3, -0.25) is 4.79 Å². The second-order valence-electron chi connectivity index (χ2n) is 11.5. The van der Waals surface area contributed by atoms with Crippen LogP contribution in [0.2, 0.25) is 0 Å². The van der Waals surface area contributed by atoms with Crippen LogP contribution in [0.1, 0.15) is 71.3 Å². The van der Waals surface area contributed by atoms with Crippen molar-refractivity contribution in [2.45, 2.75) is 84.3 Å². The number of H-pyrrole nitrogens is 1. The number of nitrogens with one attached hydrogen (secondary N) is 1. The molecule has 3 fully saturated rings. The van der Waals surface area contributed by atoms with Crippen LogP contribution >= 0.6 is 0 Å². The van der Waals surface area contributed by atoms with Crippen LogP contribution in [-0.4, -0.2) is 23.1 Å². The molecule has 0 spiro atoms. The van der Waals surface area contributed by atoms with Crippen molar-refractivity contribution >= 4 is 16.9 Å². The lowest BCUT2D eigenvalue weighted by atomic mass is 9.41. The average molecular weight is 437 g/mol. The minimum Gasteiger partial charge on any atom is -0.461 e. The summed E-state index contributed by atoms with van der Waals surface area (Å²) in [6.07, 6.45) is 11.2. The standard InChI is InChI=1S/C28H40N2O2/c1-17-26-22(11-7-12-23(26)28(17,2)3)18-8-6-9-20(14-18)32-27(31)24(29)15-19-16-30-25-13-5-4-10-21(19)25/h4-5,10,13,16-18,20,22-24,26,30H,6-9,11-12,14-15,29H2,1-3H3/t17?,18?,20?,22?,23?,24?,26-/m0/s1. The van der Waals surface area contributed by atoms with E-state index in [1.165, 1.54) is 32.1 Å². The van der Waals surface area contributed by atoms with Gasteiger partial charge in [0.25, 0.3) is 0 Å². The molecular weight excluding hydrogens is 396 g/mol. The molecule has 3 N–H and O–H groups in total. The van der Waals surface area contributed by atoms with Crippen LogP contribution in [0.5, 0.6) is 0 Å². The molecule has 7 atom stereocenters. The number of para-hydroxylation sites is 1. The van der Waals surface area contributed by atoms with Gasteiger partial charge in [0.2, 0.25) is 0 Å². The molecule has 0 aliphatic heterocycles. The molecule has 6 unspecified atom stereocenters. The number of fused-ring (bicyclic) bond motifs is 2. The van der Waals surface area contributed by atoms with Gasteiger partial charge in [0.05, 0.1) is 0 Å². The van der Waals surface area contributed by atoms with Crippen LogP contribution in [0.4, 0.5) is 0 Å². The summed E-state index contributed by atoms with van der Waals surface area (Å²) in [5.74, 6) is 3.87. The van der Waals surface area contributed by atoms with Gasteiger partial charge in [0.15, 0.2) is 0 Å². The number of aromatic amines is 1. The zero-order valence-electron chi connectivity index (χ0n) is 20.0. The third-order valence-electron chi connectivity index (χ3n) is 9.69. The predicted molar refractivity (Wildman–Crippen MR) is 129 cm³/mol. The van der Waals surface area contributed by atoms with Crippen LogP contribution in [0.3, 0.4) is 0 Å². The van der Waals surface area contributed by atoms with Crippen molar-refractivity contribution in [2.75, 3.05) is 0 Å². The Morgan fingerprint density at radius 2 is 1.97 bits per heavy atom. The molecule has 1 heterocycles. The summed E-state index contributed by atoms with van der Waals surface area (Å²) in [6, 6.07) is 7.54. The summed E-state index contributed by atoms with van der Waals surface area (Å²) >= 11 is 0. The first kappa shape index (κ1) is 22.0. The van der Waals surface area contributed by atoms with Crippen molar-refractivity contribution in [1.82, 2.24) is 4.98 Å². The number of hydrogen-bond acceptors (Lipinski definition) is 3. The van der Waals surface area contributed by atoms with E-state index in [-0.39, 0.29) is 12.1 Å². The van der Waals surface area contributed by atoms with E-state index < -0.39 is 6.04 Å². The number of carbonyl (C=O) groups excluding carboxylic acids is 1. The highest BCUT2D eigenvalue weighted by molar-refractivity contribution is 5.84. The second kappa shape index (κ2) is 8.52. The Morgan fingerprint density at radius 1 is 1.19 bits per heavy atom. The molecule has 1 aromatic carbocycles. The largest absolute Gasteiger partial charge is 0.461 e. The van der Waals surface area contributed by atoms with E-state index in [1.54, 1.807) is 0 Å². The molecular formula is C28H40N2O2. The summed E-state index contributed by atoms with van der Waals surface area (Å²) in [6.45, 7) is 7.42. The minimum atomic E-state index is -0.610. The van der Waals surface area contributed by atoms with E-state index in [9.17, 15) is 4.79 Å². The first-order valence-electron chi connectivity index (χ1n) is 12.9. The van der Waals surface area contributed by atoms with Crippen LogP contribution in [0, 0.1) is 35.0 Å². The molecule has 0 radical (unpaired) electrons. The monoisotopic (exact) mass is 436 g/mol. The third-order valence-corrected chi connectivity index (χ3v) is 9.69. The van der Waals surface area contributed by atoms with Gasteiger partial charge in [-0.25, -0.2) is 0 Å². The quantitative estimate of drug-likeness (QED) is 0.578. The molecule has 1 aromatic heterocycles. The normalized spacial score (nSPS) is 35.0. The van der Waals surface area contributed by atoms with Crippen LogP contribution in [0.25, 0.3) is 10.9 Å². The number of benzene rings is 1. The molecule has 32 heavy (non-hydrogen) atoms. The van der Waals surface area contributed by atoms with Gasteiger partial charge < -0.3 is 15.5 Å². The number of carbonyl (C=O) groups is 1. The van der Waals surface area contributed by atoms with Gasteiger partial charge in [0.1, 0.15) is 12.1 Å². The first-order chi connectivity index (χ1) is 15.4. The molecule has 4 heteroatoms. The summed E-state index contributed by atoms with van der Waals surface area (Å²) in [5.41, 5.74) is 8.97. The number of hydrogen-bond donors (Lipinski definition) is 2. The lowest BCUT2D eigenvalue weighted by Crippen LogP contribution is -2.58. The SMILES string of the molecule is CC1[C@H]2C(C3CCCC(OC(=O)C(N)Cc4c[nH]c5ccccc45)C3)CCCC2C1(C)C. The van der Waals surface area contributed by atoms with Crippen LogP contribution in [-0.2, 0) is 16.0 Å². The first-order valence-corrected chi connectivity index (χ1v) is 12.9. The molecule has 3 aliphatic rings. The molecule has 4 nitrogen and oxygen atoms in total. The molecule has 2 aromatic rings. The van der Waals surface area contributed by atoms with Crippen molar-refractivity contribution in [2.24, 2.45) is 40.7 Å². The van der Waals surface area contributed by atoms with Gasteiger partial charge >= 0.3 is 5.97 Å². The van der Waals surface area contributed by atoms with Crippen LogP contribution in [0.15, 0.2) is 30.5 Å². The molecule has 0 bridgehead atoms. The average Bonchev–Trinajstić information content (AvgIpc) is 3.21. The minimum absolute atomic E-state index is 0.0408. The predicted octanol–water partition coefficient (Wildman–Crippen LogP) is 5.85. The number of esters is 1. The van der Waals surface area contributed by atoms with E-state index in [2.05, 4.69) is 31.8 Å². The van der Waals surface area contributed by atoms with Crippen molar-refractivity contribution in [3.8, 4) is 0 Å². The van der Waals surface area contributed by atoms with E-state index >= 15 is 0 Å². The number of ether oxygens (including phenoxy) is 1. The Labute approximate surface area is 192 Å². The molecule has 0 saturated heterocycles. The van der Waals surface area contributed by atoms with Crippen LogP contribution < -0.4 is 5.73 Å². The second-order valence-corrected chi connectivity index (χ2v) is 11.5. The van der Waals surface area contributed by atoms with E-state index in [0.29, 0.717) is 17.8 Å². The lowest BCUT2D eigenvalue weighted by Gasteiger charge is -2.64. The highest BCUT2D eigenvalue weighted by Crippen LogP contribution is 2.64. The Bertz CT molecular complexity index is 963. The van der Waals surface area contributed by atoms with E-state index in [4.69, 9.17) is 10.5 Å². The fraction of sp³-hybridized carbons (Fsp3) is 0.679. The van der Waals surface area contributed by atoms with Gasteiger partial charge in [-0.05, 0) is 85.2 Å². The van der Waals surface area contributed by atoms with Gasteiger partial charge in [0, 0.05) is 23.5 Å². The van der Waals surface area contributed by atoms with E-state index in [1.807, 2.05) is 24.4 Å². The highest BCUT2D eigenvalue weighted by Gasteiger charge is 2.58. The topological polar surface area (TPSA) is 68.1 Å². The van der Waals surface area contributed by atoms with Crippen molar-refractivity contribution in [1.29, 1.82) is 0 Å². The van der Waals surface area contributed by atoms with Crippen molar-refractivity contribution in [3.05, 3.63) is 36.0 Å².